The van der Waals surface area contributed by atoms with E-state index in [4.69, 9.17) is 9.72 Å². The number of phenols is 1. The Morgan fingerprint density at radius 3 is 2.81 bits per heavy atom. The molecule has 1 aliphatic heterocycles. The second kappa shape index (κ2) is 8.19. The number of H-pyrrole nitrogens is 1. The number of benzene rings is 2. The molecule has 0 amide bonds. The minimum atomic E-state index is 0.225. The number of nitrogens with one attached hydrogen (secondary N) is 1. The minimum Gasteiger partial charge on any atom is -0.508 e. The zero-order chi connectivity index (χ0) is 22.4. The topological polar surface area (TPSA) is 74.3 Å². The summed E-state index contributed by atoms with van der Waals surface area (Å²) in [4.78, 5) is 7.59. The lowest BCUT2D eigenvalue weighted by Crippen LogP contribution is -2.40. The Bertz CT molecular complexity index is 1290. The van der Waals surface area contributed by atoms with Gasteiger partial charge in [0.25, 0.3) is 0 Å². The Labute approximate surface area is 188 Å². The summed E-state index contributed by atoms with van der Waals surface area (Å²) in [5.74, 6) is 0.615. The van der Waals surface area contributed by atoms with Crippen molar-refractivity contribution >= 4 is 21.7 Å². The molecule has 166 valence electrons. The number of aromatic hydroxyl groups is 1. The molecule has 0 bridgehead atoms. The maximum Gasteiger partial charge on any atom is 0.116 e. The van der Waals surface area contributed by atoms with E-state index in [9.17, 15) is 5.11 Å². The molecular weight excluding hydrogens is 400 g/mol. The van der Waals surface area contributed by atoms with Crippen LogP contribution in [-0.2, 0) is 11.3 Å². The molecule has 0 radical (unpaired) electrons. The van der Waals surface area contributed by atoms with Gasteiger partial charge in [0.15, 0.2) is 0 Å². The van der Waals surface area contributed by atoms with E-state index in [-0.39, 0.29) is 11.9 Å². The lowest BCUT2D eigenvalue weighted by atomic mass is 9.89. The average molecular weight is 431 g/mol. The van der Waals surface area contributed by atoms with Crippen molar-refractivity contribution in [3.05, 3.63) is 53.3 Å². The Hall–Kier alpha value is -2.96. The van der Waals surface area contributed by atoms with E-state index in [1.807, 2.05) is 18.3 Å². The van der Waals surface area contributed by atoms with Crippen LogP contribution in [0.5, 0.6) is 5.75 Å². The second-order valence-corrected chi connectivity index (χ2v) is 9.19. The maximum absolute atomic E-state index is 10.4. The molecule has 4 aromatic rings. The molecule has 2 aromatic heterocycles. The highest BCUT2D eigenvalue weighted by Gasteiger charge is 2.23. The summed E-state index contributed by atoms with van der Waals surface area (Å²) >= 11 is 0. The second-order valence-electron chi connectivity index (χ2n) is 9.19. The smallest absolute Gasteiger partial charge is 0.116 e. The van der Waals surface area contributed by atoms with E-state index >= 15 is 0 Å². The molecule has 3 heterocycles. The van der Waals surface area contributed by atoms with Crippen LogP contribution in [0, 0.1) is 6.92 Å². The maximum atomic E-state index is 10.4. The highest BCUT2D eigenvalue weighted by molar-refractivity contribution is 6.05. The number of pyridine rings is 1. The SMILES string of the molecule is Cc1nc(-c2c(C(C)C)ccc3[nH]ncc23)c2ccc(O)cc2c1CN1CCOC(C)C1. The fraction of sp³-hybridized carbons (Fsp3) is 0.385. The largest absolute Gasteiger partial charge is 0.508 e. The van der Waals surface area contributed by atoms with Crippen LogP contribution in [0.25, 0.3) is 32.9 Å². The number of aromatic amines is 1. The van der Waals surface area contributed by atoms with Crippen molar-refractivity contribution in [1.82, 2.24) is 20.1 Å². The quantitative estimate of drug-likeness (QED) is 0.469. The van der Waals surface area contributed by atoms with Crippen molar-refractivity contribution in [2.75, 3.05) is 19.7 Å². The van der Waals surface area contributed by atoms with Crippen molar-refractivity contribution in [3.63, 3.8) is 0 Å². The normalized spacial score (nSPS) is 17.6. The molecule has 2 N–H and O–H groups in total. The van der Waals surface area contributed by atoms with E-state index < -0.39 is 0 Å². The Kier molecular flexibility index (Phi) is 5.35. The molecule has 1 fully saturated rings. The van der Waals surface area contributed by atoms with Crippen LogP contribution in [-0.4, -0.2) is 51.0 Å². The van der Waals surface area contributed by atoms with Gasteiger partial charge < -0.3 is 9.84 Å². The van der Waals surface area contributed by atoms with E-state index in [1.165, 1.54) is 11.1 Å². The van der Waals surface area contributed by atoms with Gasteiger partial charge in [-0.15, -0.1) is 0 Å². The summed E-state index contributed by atoms with van der Waals surface area (Å²) in [6, 6.07) is 9.91. The van der Waals surface area contributed by atoms with Crippen LogP contribution in [0.15, 0.2) is 36.5 Å². The monoisotopic (exact) mass is 430 g/mol. The molecular formula is C26H30N4O2. The lowest BCUT2D eigenvalue weighted by Gasteiger charge is -2.32. The van der Waals surface area contributed by atoms with Gasteiger partial charge in [0.05, 0.1) is 30.1 Å². The highest BCUT2D eigenvalue weighted by atomic mass is 16.5. The van der Waals surface area contributed by atoms with Crippen molar-refractivity contribution in [3.8, 4) is 17.0 Å². The third-order valence-corrected chi connectivity index (χ3v) is 6.52. The Balaban J connectivity index is 1.74. The van der Waals surface area contributed by atoms with Gasteiger partial charge in [-0.3, -0.25) is 15.0 Å². The van der Waals surface area contributed by atoms with Crippen molar-refractivity contribution in [1.29, 1.82) is 0 Å². The number of aryl methyl sites for hydroxylation is 1. The number of morpholine rings is 1. The molecule has 0 spiro atoms. The molecule has 1 unspecified atom stereocenters. The van der Waals surface area contributed by atoms with Crippen molar-refractivity contribution in [2.24, 2.45) is 0 Å². The lowest BCUT2D eigenvalue weighted by molar-refractivity contribution is -0.0211. The van der Waals surface area contributed by atoms with Crippen LogP contribution in [0.4, 0.5) is 0 Å². The van der Waals surface area contributed by atoms with E-state index in [1.54, 1.807) is 6.07 Å². The first-order valence-corrected chi connectivity index (χ1v) is 11.3. The van der Waals surface area contributed by atoms with E-state index in [0.717, 1.165) is 64.9 Å². The molecule has 6 heteroatoms. The van der Waals surface area contributed by atoms with Gasteiger partial charge in [-0.05, 0) is 60.5 Å². The summed E-state index contributed by atoms with van der Waals surface area (Å²) in [5, 5.41) is 21.0. The van der Waals surface area contributed by atoms with E-state index in [0.29, 0.717) is 5.92 Å². The molecule has 5 rings (SSSR count). The number of fused-ring (bicyclic) bond motifs is 2. The molecule has 1 atom stereocenters. The van der Waals surface area contributed by atoms with Crippen LogP contribution in [0.3, 0.4) is 0 Å². The molecule has 0 saturated carbocycles. The summed E-state index contributed by atoms with van der Waals surface area (Å²) in [5.41, 5.74) is 6.48. The van der Waals surface area contributed by atoms with Gasteiger partial charge in [-0.2, -0.15) is 5.10 Å². The molecule has 1 aliphatic rings. The molecule has 0 aliphatic carbocycles. The predicted octanol–water partition coefficient (Wildman–Crippen LogP) is 5.14. The third kappa shape index (κ3) is 3.63. The zero-order valence-electron chi connectivity index (χ0n) is 19.1. The van der Waals surface area contributed by atoms with E-state index in [2.05, 4.69) is 54.9 Å². The summed E-state index contributed by atoms with van der Waals surface area (Å²) in [6.07, 6.45) is 2.12. The Morgan fingerprint density at radius 2 is 2.03 bits per heavy atom. The standard InChI is InChI=1S/C26H30N4O2/c1-15(2)19-7-8-24-22(12-27-29-24)25(19)26-20-6-5-18(31)11-21(20)23(17(4)28-26)14-30-9-10-32-16(3)13-30/h5-8,11-12,15-16,31H,9-10,13-14H2,1-4H3,(H,27,29). The van der Waals surface area contributed by atoms with Gasteiger partial charge in [0.2, 0.25) is 0 Å². The fourth-order valence-corrected chi connectivity index (χ4v) is 4.91. The number of aromatic nitrogens is 3. The highest BCUT2D eigenvalue weighted by Crippen LogP contribution is 2.40. The number of rotatable bonds is 4. The third-order valence-electron chi connectivity index (χ3n) is 6.52. The average Bonchev–Trinajstić information content (AvgIpc) is 3.24. The molecule has 6 nitrogen and oxygen atoms in total. The first kappa shape index (κ1) is 20.9. The number of nitrogens with zero attached hydrogens (tertiary/aromatic N) is 3. The predicted molar refractivity (Wildman–Crippen MR) is 128 cm³/mol. The first-order chi connectivity index (χ1) is 15.4. The van der Waals surface area contributed by atoms with Crippen LogP contribution in [0.1, 0.15) is 43.5 Å². The number of ether oxygens (including phenoxy) is 1. The summed E-state index contributed by atoms with van der Waals surface area (Å²) in [7, 11) is 0. The number of hydrogen-bond donors (Lipinski definition) is 2. The van der Waals surface area contributed by atoms with Gasteiger partial charge >= 0.3 is 0 Å². The van der Waals surface area contributed by atoms with Crippen molar-refractivity contribution in [2.45, 2.75) is 46.3 Å². The zero-order valence-corrected chi connectivity index (χ0v) is 19.1. The number of hydrogen-bond acceptors (Lipinski definition) is 5. The molecule has 1 saturated heterocycles. The molecule has 32 heavy (non-hydrogen) atoms. The van der Waals surface area contributed by atoms with Gasteiger partial charge in [-0.25, -0.2) is 0 Å². The van der Waals surface area contributed by atoms with Crippen LogP contribution >= 0.6 is 0 Å². The number of phenolic OH excluding ortho intramolecular Hbond substituents is 1. The van der Waals surface area contributed by atoms with Gasteiger partial charge in [-0.1, -0.05) is 19.9 Å². The molecule has 2 aromatic carbocycles. The van der Waals surface area contributed by atoms with Gasteiger partial charge in [0.1, 0.15) is 5.75 Å². The minimum absolute atomic E-state index is 0.225. The Morgan fingerprint density at radius 1 is 1.19 bits per heavy atom. The van der Waals surface area contributed by atoms with Crippen LogP contribution < -0.4 is 0 Å². The first-order valence-electron chi connectivity index (χ1n) is 11.3. The summed E-state index contributed by atoms with van der Waals surface area (Å²) < 4.78 is 5.72. The van der Waals surface area contributed by atoms with Crippen molar-refractivity contribution < 1.29 is 9.84 Å². The fourth-order valence-electron chi connectivity index (χ4n) is 4.91. The summed E-state index contributed by atoms with van der Waals surface area (Å²) in [6.45, 7) is 11.9. The van der Waals surface area contributed by atoms with Crippen LogP contribution in [0.2, 0.25) is 0 Å². The van der Waals surface area contributed by atoms with Gasteiger partial charge in [0, 0.05) is 41.7 Å².